The molecule has 0 atom stereocenters. The van der Waals surface area contributed by atoms with Gasteiger partial charge >= 0.3 is 24.7 Å². The van der Waals surface area contributed by atoms with Crippen LogP contribution in [-0.4, -0.2) is 18.3 Å². The predicted molar refractivity (Wildman–Crippen MR) is 240 cm³/mol. The van der Waals surface area contributed by atoms with Crippen LogP contribution >= 0.6 is 0 Å². The summed E-state index contributed by atoms with van der Waals surface area (Å²) in [6.07, 6.45) is -22.3. The Hall–Kier alpha value is -7.36. The molecular formula is C54H38F12N4. The molecule has 70 heavy (non-hydrogen) atoms. The van der Waals surface area contributed by atoms with Crippen LogP contribution in [0.15, 0.2) is 146 Å². The van der Waals surface area contributed by atoms with Crippen molar-refractivity contribution in [2.45, 2.75) is 50.6 Å². The van der Waals surface area contributed by atoms with E-state index in [1.165, 1.54) is 130 Å². The number of aromatic nitrogens is 4. The van der Waals surface area contributed by atoms with Crippen LogP contribution in [0.25, 0.3) is 22.3 Å². The van der Waals surface area contributed by atoms with Crippen LogP contribution in [0.4, 0.5) is 52.7 Å². The molecule has 0 spiro atoms. The number of alkyl halides is 12. The molecule has 0 saturated carbocycles. The molecule has 0 N–H and O–H groups in total. The van der Waals surface area contributed by atoms with Crippen LogP contribution in [0.2, 0.25) is 0 Å². The molecule has 4 aromatic heterocycles. The Balaban J connectivity index is 1.65. The summed E-state index contributed by atoms with van der Waals surface area (Å²) in [5.41, 5.74) is -12.8. The molecule has 2 aliphatic heterocycles. The minimum atomic E-state index is -5.67. The zero-order chi connectivity index (χ0) is 49.7. The Morgan fingerprint density at radius 2 is 0.500 bits per heavy atom. The van der Waals surface area contributed by atoms with Gasteiger partial charge in [-0.2, -0.15) is 52.7 Å². The molecule has 8 aromatic rings. The lowest BCUT2D eigenvalue weighted by Crippen LogP contribution is -2.33. The number of rotatable bonds is 4. The third-order valence-electron chi connectivity index (χ3n) is 13.1. The van der Waals surface area contributed by atoms with Gasteiger partial charge in [0.1, 0.15) is 0 Å². The van der Waals surface area contributed by atoms with Crippen LogP contribution in [0, 0.1) is 0 Å². The summed E-state index contributed by atoms with van der Waals surface area (Å²) in [6.45, 7) is -0.285. The molecule has 16 heteroatoms. The first kappa shape index (κ1) is 46.4. The van der Waals surface area contributed by atoms with E-state index in [-0.39, 0.29) is 91.9 Å². The normalized spacial score (nSPS) is 17.7. The highest BCUT2D eigenvalue weighted by atomic mass is 19.4. The van der Waals surface area contributed by atoms with Gasteiger partial charge in [-0.05, 0) is 59.4 Å². The summed E-state index contributed by atoms with van der Waals surface area (Å²) in [5.74, 6) is 0. The summed E-state index contributed by atoms with van der Waals surface area (Å²) in [6, 6.07) is 34.8. The first-order valence-corrected chi connectivity index (χ1v) is 22.0. The number of benzene rings is 4. The van der Waals surface area contributed by atoms with Crippen molar-refractivity contribution in [1.29, 1.82) is 0 Å². The molecule has 4 nitrogen and oxygen atoms in total. The molecule has 4 aromatic carbocycles. The van der Waals surface area contributed by atoms with Crippen LogP contribution in [0.1, 0.15) is 80.1 Å². The van der Waals surface area contributed by atoms with E-state index in [0.717, 1.165) is 23.2 Å². The van der Waals surface area contributed by atoms with Gasteiger partial charge in [0.25, 0.3) is 0 Å². The Kier molecular flexibility index (Phi) is 11.0. The highest BCUT2D eigenvalue weighted by molar-refractivity contribution is 5.89. The predicted octanol–water partition coefficient (Wildman–Crippen LogP) is 11.1. The van der Waals surface area contributed by atoms with Crippen molar-refractivity contribution in [3.05, 3.63) is 234 Å². The van der Waals surface area contributed by atoms with Crippen molar-refractivity contribution in [2.24, 2.45) is 14.1 Å². The van der Waals surface area contributed by atoms with E-state index in [1.54, 1.807) is 24.3 Å². The van der Waals surface area contributed by atoms with Gasteiger partial charge in [0.05, 0.1) is 66.4 Å². The molecule has 6 heterocycles. The largest absolute Gasteiger partial charge is 0.419 e. The minimum absolute atomic E-state index is 0.0301. The van der Waals surface area contributed by atoms with E-state index in [9.17, 15) is 0 Å². The summed E-state index contributed by atoms with van der Waals surface area (Å²) in [4.78, 5) is 0. The molecule has 6 bridgehead atoms. The van der Waals surface area contributed by atoms with Gasteiger partial charge in [0, 0.05) is 49.5 Å². The molecule has 0 aliphatic carbocycles. The lowest BCUT2D eigenvalue weighted by atomic mass is 9.94. The summed E-state index contributed by atoms with van der Waals surface area (Å²) in [5, 5.41) is -0.473. The van der Waals surface area contributed by atoms with Crippen molar-refractivity contribution >= 4 is 22.3 Å². The topological polar surface area (TPSA) is 19.7 Å². The Morgan fingerprint density at radius 1 is 0.300 bits per heavy atom. The van der Waals surface area contributed by atoms with Crippen LogP contribution < -0.4 is 21.4 Å². The highest BCUT2D eigenvalue weighted by Gasteiger charge is 2.53. The fourth-order valence-electron chi connectivity index (χ4n) is 10.5. The average Bonchev–Trinajstić information content (AvgIpc) is 4.07. The standard InChI is InChI=1S/C54H38F12N4/c1-67-47-39(31-17-7-3-8-18-31)35-25-27-37-41(33-21-11-5-12-22-33)49-45(53(61,62)63)46(54(64,65)66)50(68(49)2)42(34-23-13-6-14-24-34)38-28-26-36(70(38)30-16-15-29-69(35)37)40(32-19-9-4-10-20-32)48(67)44(52(58,59)60)43(47)51(55,56)57/h3-14,17-28H,15-16,29-30H2,1-2H3/b39-35-,40-36-,41-37-,42-38-,47-39?,48-40?,49-41?,50-42?. The maximum absolute atomic E-state index is 16.2. The van der Waals surface area contributed by atoms with E-state index in [1.807, 2.05) is 0 Å². The van der Waals surface area contributed by atoms with Crippen LogP contribution in [0.5, 0.6) is 0 Å². The molecule has 0 unspecified atom stereocenters. The quantitative estimate of drug-likeness (QED) is 0.157. The molecule has 0 saturated heterocycles. The van der Waals surface area contributed by atoms with E-state index < -0.39 is 69.7 Å². The molecule has 2 aliphatic rings. The Bertz CT molecular complexity index is 3120. The van der Waals surface area contributed by atoms with Crippen molar-refractivity contribution in [1.82, 2.24) is 18.3 Å². The minimum Gasteiger partial charge on any atom is -0.342 e. The molecule has 0 amide bonds. The van der Waals surface area contributed by atoms with E-state index in [0.29, 0.717) is 0 Å². The maximum Gasteiger partial charge on any atom is 0.419 e. The zero-order valence-corrected chi connectivity index (χ0v) is 37.0. The summed E-state index contributed by atoms with van der Waals surface area (Å²) < 4.78 is 199. The third kappa shape index (κ3) is 7.50. The van der Waals surface area contributed by atoms with Crippen molar-refractivity contribution in [3.8, 4) is 0 Å². The fraction of sp³-hybridized carbons (Fsp3) is 0.185. The highest BCUT2D eigenvalue weighted by Crippen LogP contribution is 2.51. The fourth-order valence-corrected chi connectivity index (χ4v) is 10.5. The molecular weight excluding hydrogens is 933 g/mol. The number of hydrogen-bond donors (Lipinski definition) is 0. The van der Waals surface area contributed by atoms with Crippen molar-refractivity contribution in [2.75, 3.05) is 0 Å². The lowest BCUT2D eigenvalue weighted by molar-refractivity contribution is -0.161. The number of halogens is 12. The maximum atomic E-state index is 16.2. The molecule has 358 valence electrons. The van der Waals surface area contributed by atoms with E-state index in [2.05, 4.69) is 0 Å². The van der Waals surface area contributed by atoms with Crippen molar-refractivity contribution < 1.29 is 52.7 Å². The van der Waals surface area contributed by atoms with E-state index >= 15 is 52.7 Å². The van der Waals surface area contributed by atoms with Gasteiger partial charge in [-0.15, -0.1) is 0 Å². The van der Waals surface area contributed by atoms with Gasteiger partial charge < -0.3 is 18.3 Å². The van der Waals surface area contributed by atoms with Crippen LogP contribution in [0.3, 0.4) is 0 Å². The van der Waals surface area contributed by atoms with Crippen molar-refractivity contribution in [3.63, 3.8) is 0 Å². The Labute approximate surface area is 391 Å². The number of fused-ring (bicyclic) bond motifs is 7. The molecule has 0 radical (unpaired) electrons. The number of nitrogens with zero attached hydrogens (tertiary/aromatic N) is 4. The Morgan fingerprint density at radius 3 is 0.686 bits per heavy atom. The first-order chi connectivity index (χ1) is 33.2. The van der Waals surface area contributed by atoms with Gasteiger partial charge in [0.2, 0.25) is 0 Å². The van der Waals surface area contributed by atoms with Gasteiger partial charge in [0.15, 0.2) is 0 Å². The number of hydrogen-bond acceptors (Lipinski definition) is 0. The second-order valence-electron chi connectivity index (χ2n) is 17.2. The SMILES string of the molecule is Cn1c2c(C(F)(F)F)c(C(F)(F)F)c1/C(c1ccccc1)=c1/cc/c3n1CCCCn1/c(cc/c1=C(\c1ccccc1)c1c(C(F)(F)F)c(C(F)(F)F)c(n1C)\C=3c1ccccc1)=C\2c1ccccc1. The van der Waals surface area contributed by atoms with E-state index in [4.69, 9.17) is 0 Å². The monoisotopic (exact) mass is 970 g/mol. The molecule has 0 fully saturated rings. The second kappa shape index (κ2) is 16.7. The summed E-state index contributed by atoms with van der Waals surface area (Å²) >= 11 is 0. The lowest BCUT2D eigenvalue weighted by Gasteiger charge is -2.19. The van der Waals surface area contributed by atoms with Gasteiger partial charge in [-0.1, -0.05) is 121 Å². The van der Waals surface area contributed by atoms with Gasteiger partial charge in [-0.3, -0.25) is 0 Å². The van der Waals surface area contributed by atoms with Crippen LogP contribution in [-0.2, 0) is 51.9 Å². The summed E-state index contributed by atoms with van der Waals surface area (Å²) in [7, 11) is 2.23. The molecule has 10 rings (SSSR count). The first-order valence-electron chi connectivity index (χ1n) is 22.0. The second-order valence-corrected chi connectivity index (χ2v) is 17.2. The zero-order valence-electron chi connectivity index (χ0n) is 37.0. The van der Waals surface area contributed by atoms with Gasteiger partial charge in [-0.25, -0.2) is 0 Å². The average molecular weight is 971 g/mol. The smallest absolute Gasteiger partial charge is 0.342 e. The third-order valence-corrected chi connectivity index (χ3v) is 13.1.